The van der Waals surface area contributed by atoms with E-state index >= 15 is 0 Å². The van der Waals surface area contributed by atoms with Crippen molar-refractivity contribution in [2.45, 2.75) is 6.92 Å². The van der Waals surface area contributed by atoms with E-state index in [0.717, 1.165) is 10.9 Å². The van der Waals surface area contributed by atoms with Crippen LogP contribution in [0.25, 0.3) is 11.0 Å². The van der Waals surface area contributed by atoms with Crippen LogP contribution in [-0.4, -0.2) is 6.61 Å². The van der Waals surface area contributed by atoms with Crippen LogP contribution in [0, 0.1) is 19.3 Å². The average Bonchev–Trinajstić information content (AvgIpc) is 2.27. The maximum atomic E-state index is 11.3. The molecule has 2 aromatic rings. The lowest BCUT2D eigenvalue weighted by atomic mass is 10.1. The van der Waals surface area contributed by atoms with Crippen LogP contribution in [0.15, 0.2) is 33.5 Å². The van der Waals surface area contributed by atoms with Crippen LogP contribution >= 0.6 is 0 Å². The van der Waals surface area contributed by atoms with Gasteiger partial charge in [-0.15, -0.1) is 6.42 Å². The van der Waals surface area contributed by atoms with Gasteiger partial charge in [0.25, 0.3) is 0 Å². The summed E-state index contributed by atoms with van der Waals surface area (Å²) >= 11 is 0. The highest BCUT2D eigenvalue weighted by atomic mass is 16.5. The zero-order valence-corrected chi connectivity index (χ0v) is 8.82. The minimum atomic E-state index is -0.436. The Balaban J connectivity index is 2.69. The molecule has 0 radical (unpaired) electrons. The van der Waals surface area contributed by atoms with E-state index in [4.69, 9.17) is 15.6 Å². The molecule has 0 bridgehead atoms. The van der Waals surface area contributed by atoms with Gasteiger partial charge in [-0.25, -0.2) is 4.79 Å². The molecule has 2 rings (SSSR count). The Morgan fingerprint density at radius 3 is 3.06 bits per heavy atom. The number of hydrogen-bond donors (Lipinski definition) is 0. The van der Waals surface area contributed by atoms with Gasteiger partial charge in [0.15, 0.2) is 0 Å². The van der Waals surface area contributed by atoms with Crippen LogP contribution in [0.4, 0.5) is 0 Å². The van der Waals surface area contributed by atoms with E-state index in [-0.39, 0.29) is 6.61 Å². The Hall–Kier alpha value is -2.21. The lowest BCUT2D eigenvalue weighted by molar-refractivity contribution is 0.370. The molecular weight excluding hydrogens is 204 g/mol. The van der Waals surface area contributed by atoms with Crippen molar-refractivity contribution in [3.8, 4) is 18.1 Å². The largest absolute Gasteiger partial charge is 0.480 e. The van der Waals surface area contributed by atoms with Crippen LogP contribution < -0.4 is 10.4 Å². The van der Waals surface area contributed by atoms with E-state index in [1.54, 1.807) is 0 Å². The summed E-state index contributed by atoms with van der Waals surface area (Å²) in [4.78, 5) is 11.3. The van der Waals surface area contributed by atoms with E-state index in [0.29, 0.717) is 11.3 Å². The molecule has 0 aliphatic rings. The molecule has 16 heavy (non-hydrogen) atoms. The van der Waals surface area contributed by atoms with Crippen molar-refractivity contribution in [2.24, 2.45) is 0 Å². The van der Waals surface area contributed by atoms with Crippen LogP contribution in [-0.2, 0) is 0 Å². The highest BCUT2D eigenvalue weighted by Crippen LogP contribution is 2.25. The highest BCUT2D eigenvalue weighted by Gasteiger charge is 2.07. The Morgan fingerprint density at radius 2 is 2.31 bits per heavy atom. The summed E-state index contributed by atoms with van der Waals surface area (Å²) in [6.07, 6.45) is 5.11. The van der Waals surface area contributed by atoms with E-state index < -0.39 is 5.63 Å². The third-order valence-corrected chi connectivity index (χ3v) is 2.24. The Morgan fingerprint density at radius 1 is 1.50 bits per heavy atom. The van der Waals surface area contributed by atoms with Gasteiger partial charge in [0.2, 0.25) is 0 Å². The molecule has 1 aromatic carbocycles. The van der Waals surface area contributed by atoms with Crippen LogP contribution in [0.3, 0.4) is 0 Å². The van der Waals surface area contributed by atoms with Crippen molar-refractivity contribution in [3.63, 3.8) is 0 Å². The van der Waals surface area contributed by atoms with Gasteiger partial charge in [0, 0.05) is 0 Å². The summed E-state index contributed by atoms with van der Waals surface area (Å²) in [6.45, 7) is 2.00. The smallest absolute Gasteiger partial charge is 0.339 e. The van der Waals surface area contributed by atoms with Gasteiger partial charge in [0.1, 0.15) is 17.9 Å². The topological polar surface area (TPSA) is 39.4 Å². The average molecular weight is 214 g/mol. The van der Waals surface area contributed by atoms with Crippen molar-refractivity contribution in [1.29, 1.82) is 0 Å². The summed E-state index contributed by atoms with van der Waals surface area (Å²) in [7, 11) is 0. The number of ether oxygens (including phenoxy) is 1. The molecule has 0 atom stereocenters. The van der Waals surface area contributed by atoms with Crippen molar-refractivity contribution in [2.75, 3.05) is 6.61 Å². The second-order valence-electron chi connectivity index (χ2n) is 3.37. The predicted octanol–water partition coefficient (Wildman–Crippen LogP) is 2.11. The van der Waals surface area contributed by atoms with Crippen LogP contribution in [0.2, 0.25) is 0 Å². The number of fused-ring (bicyclic) bond motifs is 1. The third-order valence-electron chi connectivity index (χ3n) is 2.24. The van der Waals surface area contributed by atoms with Gasteiger partial charge in [-0.3, -0.25) is 0 Å². The monoisotopic (exact) mass is 214 g/mol. The summed E-state index contributed by atoms with van der Waals surface area (Å²) in [5.41, 5.74) is 0.997. The summed E-state index contributed by atoms with van der Waals surface area (Å²) in [5.74, 6) is 2.83. The van der Waals surface area contributed by atoms with Gasteiger partial charge in [-0.05, 0) is 18.6 Å². The molecule has 0 aliphatic carbocycles. The van der Waals surface area contributed by atoms with Crippen molar-refractivity contribution in [1.82, 2.24) is 0 Å². The first kappa shape index (κ1) is 10.3. The molecule has 0 aliphatic heterocycles. The van der Waals surface area contributed by atoms with Gasteiger partial charge in [-0.2, -0.15) is 0 Å². The SMILES string of the molecule is C#CCOc1cc(=O)oc2c(C)cccc12. The molecule has 0 saturated heterocycles. The lowest BCUT2D eigenvalue weighted by Gasteiger charge is -2.06. The van der Waals surface area contributed by atoms with E-state index in [9.17, 15) is 4.79 Å². The Labute approximate surface area is 92.7 Å². The molecule has 0 saturated carbocycles. The summed E-state index contributed by atoms with van der Waals surface area (Å²) in [5, 5.41) is 0.759. The van der Waals surface area contributed by atoms with E-state index in [1.807, 2.05) is 25.1 Å². The van der Waals surface area contributed by atoms with Gasteiger partial charge in [-0.1, -0.05) is 18.1 Å². The maximum absolute atomic E-state index is 11.3. The highest BCUT2D eigenvalue weighted by molar-refractivity contribution is 5.85. The normalized spacial score (nSPS) is 10.0. The first-order valence-electron chi connectivity index (χ1n) is 4.82. The first-order chi connectivity index (χ1) is 7.72. The molecule has 3 nitrogen and oxygen atoms in total. The van der Waals surface area contributed by atoms with Crippen molar-refractivity contribution < 1.29 is 9.15 Å². The fourth-order valence-electron chi connectivity index (χ4n) is 1.54. The predicted molar refractivity (Wildman–Crippen MR) is 61.5 cm³/mol. The summed E-state index contributed by atoms with van der Waals surface area (Å²) < 4.78 is 10.4. The lowest BCUT2D eigenvalue weighted by Crippen LogP contribution is -2.02. The third kappa shape index (κ3) is 1.78. The summed E-state index contributed by atoms with van der Waals surface area (Å²) in [6, 6.07) is 6.88. The van der Waals surface area contributed by atoms with Crippen molar-refractivity contribution >= 4 is 11.0 Å². The van der Waals surface area contributed by atoms with E-state index in [1.165, 1.54) is 6.07 Å². The van der Waals surface area contributed by atoms with Gasteiger partial charge in [0.05, 0.1) is 11.5 Å². The number of hydrogen-bond acceptors (Lipinski definition) is 3. The standard InChI is InChI=1S/C13H10O3/c1-3-7-15-11-8-12(14)16-13-9(2)5-4-6-10(11)13/h1,4-6,8H,7H2,2H3. The number of terminal acetylenes is 1. The fraction of sp³-hybridized carbons (Fsp3) is 0.154. The number of rotatable bonds is 2. The zero-order chi connectivity index (χ0) is 11.5. The van der Waals surface area contributed by atoms with Crippen LogP contribution in [0.5, 0.6) is 5.75 Å². The minimum Gasteiger partial charge on any atom is -0.480 e. The second kappa shape index (κ2) is 4.11. The van der Waals surface area contributed by atoms with Gasteiger partial charge < -0.3 is 9.15 Å². The number of aryl methyl sites for hydroxylation is 1. The molecule has 1 aromatic heterocycles. The molecule has 0 N–H and O–H groups in total. The van der Waals surface area contributed by atoms with Crippen LogP contribution in [0.1, 0.15) is 5.56 Å². The number of benzene rings is 1. The van der Waals surface area contributed by atoms with Crippen molar-refractivity contribution in [3.05, 3.63) is 40.2 Å². The Kier molecular flexibility index (Phi) is 2.65. The van der Waals surface area contributed by atoms with Gasteiger partial charge >= 0.3 is 5.63 Å². The quantitative estimate of drug-likeness (QED) is 0.567. The van der Waals surface area contributed by atoms with E-state index in [2.05, 4.69) is 5.92 Å². The molecule has 0 fully saturated rings. The Bertz CT molecular complexity index is 617. The molecule has 3 heteroatoms. The zero-order valence-electron chi connectivity index (χ0n) is 8.82. The second-order valence-corrected chi connectivity index (χ2v) is 3.37. The molecule has 0 spiro atoms. The fourth-order valence-corrected chi connectivity index (χ4v) is 1.54. The first-order valence-corrected chi connectivity index (χ1v) is 4.82. The molecule has 80 valence electrons. The minimum absolute atomic E-state index is 0.131. The number of para-hydroxylation sites is 1. The maximum Gasteiger partial charge on any atom is 0.339 e. The molecule has 0 unspecified atom stereocenters. The molecular formula is C13H10O3. The molecule has 1 heterocycles. The molecule has 0 amide bonds.